The fourth-order valence-corrected chi connectivity index (χ4v) is 2.96. The summed E-state index contributed by atoms with van der Waals surface area (Å²) < 4.78 is 37.2. The highest BCUT2D eigenvalue weighted by molar-refractivity contribution is 6.01. The van der Waals surface area contributed by atoms with Crippen molar-refractivity contribution in [2.45, 2.75) is 45.4 Å². The molecule has 0 radical (unpaired) electrons. The number of ether oxygens (including phenoxy) is 2. The van der Waals surface area contributed by atoms with Gasteiger partial charge in [-0.05, 0) is 63.1 Å². The third-order valence-electron chi connectivity index (χ3n) is 4.30. The zero-order valence-electron chi connectivity index (χ0n) is 17.6. The van der Waals surface area contributed by atoms with Crippen LogP contribution in [-0.4, -0.2) is 36.7 Å². The number of benzene rings is 2. The second-order valence-electron chi connectivity index (χ2n) is 7.84. The second kappa shape index (κ2) is 9.21. The Kier molecular flexibility index (Phi) is 7.15. The minimum Gasteiger partial charge on any atom is -0.467 e. The van der Waals surface area contributed by atoms with E-state index in [0.717, 1.165) is 12.1 Å². The topological polar surface area (TPSA) is 90.7 Å². The van der Waals surface area contributed by atoms with Gasteiger partial charge in [-0.15, -0.1) is 0 Å². The first-order valence-electron chi connectivity index (χ1n) is 9.34. The highest BCUT2D eigenvalue weighted by atomic mass is 19.2. The number of nitrogen functional groups attached to an aromatic ring is 1. The number of anilines is 1. The Morgan fingerprint density at radius 3 is 2.17 bits per heavy atom. The molecule has 0 aliphatic carbocycles. The number of rotatable bonds is 6. The third kappa shape index (κ3) is 5.76. The molecule has 2 rings (SSSR count). The molecule has 162 valence electrons. The first-order chi connectivity index (χ1) is 13.9. The van der Waals surface area contributed by atoms with E-state index in [9.17, 15) is 18.4 Å². The highest BCUT2D eigenvalue weighted by Crippen LogP contribution is 2.26. The molecule has 3 N–H and O–H groups in total. The lowest BCUT2D eigenvalue weighted by atomic mass is 10.0. The molecule has 0 aliphatic heterocycles. The van der Waals surface area contributed by atoms with E-state index in [1.54, 1.807) is 13.0 Å². The number of amides is 1. The number of halogens is 2. The van der Waals surface area contributed by atoms with E-state index in [1.165, 1.54) is 25.3 Å². The number of nitrogens with two attached hydrogens (primary N) is 1. The summed E-state index contributed by atoms with van der Waals surface area (Å²) in [5.74, 6) is -3.19. The van der Waals surface area contributed by atoms with Crippen molar-refractivity contribution < 1.29 is 27.8 Å². The summed E-state index contributed by atoms with van der Waals surface area (Å²) in [6, 6.07) is 6.90. The lowest BCUT2D eigenvalue weighted by Crippen LogP contribution is -2.51. The van der Waals surface area contributed by atoms with Gasteiger partial charge in [-0.25, -0.2) is 13.6 Å². The van der Waals surface area contributed by atoms with Crippen LogP contribution in [0.2, 0.25) is 0 Å². The second-order valence-corrected chi connectivity index (χ2v) is 7.84. The summed E-state index contributed by atoms with van der Waals surface area (Å²) >= 11 is 0. The van der Waals surface area contributed by atoms with E-state index < -0.39 is 41.3 Å². The van der Waals surface area contributed by atoms with Gasteiger partial charge in [0.1, 0.15) is 0 Å². The number of hydrogen-bond donors (Lipinski definition) is 2. The van der Waals surface area contributed by atoms with Crippen LogP contribution in [0, 0.1) is 11.6 Å². The molecule has 0 aromatic heterocycles. The minimum atomic E-state index is -1.05. The van der Waals surface area contributed by atoms with Gasteiger partial charge in [0.05, 0.1) is 24.4 Å². The molecule has 0 saturated carbocycles. The number of hydrogen-bond acceptors (Lipinski definition) is 5. The third-order valence-corrected chi connectivity index (χ3v) is 4.30. The van der Waals surface area contributed by atoms with Crippen LogP contribution in [0.4, 0.5) is 14.5 Å². The molecule has 30 heavy (non-hydrogen) atoms. The van der Waals surface area contributed by atoms with E-state index in [0.29, 0.717) is 11.1 Å². The largest absolute Gasteiger partial charge is 0.467 e. The van der Waals surface area contributed by atoms with Crippen LogP contribution in [0.5, 0.6) is 0 Å². The molecule has 2 atom stereocenters. The molecule has 1 amide bonds. The van der Waals surface area contributed by atoms with Gasteiger partial charge in [0.15, 0.2) is 17.7 Å². The van der Waals surface area contributed by atoms with Crippen molar-refractivity contribution in [1.29, 1.82) is 0 Å². The number of carbonyl (C=O) groups is 2. The summed E-state index contributed by atoms with van der Waals surface area (Å²) in [5, 5.41) is 2.59. The van der Waals surface area contributed by atoms with Crippen molar-refractivity contribution in [3.05, 3.63) is 53.6 Å². The number of carbonyl (C=O) groups excluding carboxylic acids is 2. The van der Waals surface area contributed by atoms with Crippen LogP contribution in [0.1, 0.15) is 38.1 Å². The Hall–Kier alpha value is -3.00. The van der Waals surface area contributed by atoms with E-state index >= 15 is 0 Å². The maximum absolute atomic E-state index is 13.5. The van der Waals surface area contributed by atoms with Crippen molar-refractivity contribution in [3.63, 3.8) is 0 Å². The predicted molar refractivity (Wildman–Crippen MR) is 110 cm³/mol. The van der Waals surface area contributed by atoms with Crippen LogP contribution in [0.3, 0.4) is 0 Å². The van der Waals surface area contributed by atoms with Crippen LogP contribution >= 0.6 is 0 Å². The maximum Gasteiger partial charge on any atom is 0.331 e. The van der Waals surface area contributed by atoms with Crippen molar-refractivity contribution in [3.8, 4) is 11.1 Å². The fourth-order valence-electron chi connectivity index (χ4n) is 2.96. The molecule has 0 heterocycles. The molecule has 0 saturated heterocycles. The van der Waals surface area contributed by atoms with Crippen LogP contribution < -0.4 is 11.1 Å². The summed E-state index contributed by atoms with van der Waals surface area (Å²) in [5.41, 5.74) is 6.63. The average Bonchev–Trinajstić information content (AvgIpc) is 2.65. The first kappa shape index (κ1) is 23.3. The molecular weight excluding hydrogens is 394 g/mol. The van der Waals surface area contributed by atoms with Gasteiger partial charge >= 0.3 is 5.97 Å². The molecule has 0 fully saturated rings. The quantitative estimate of drug-likeness (QED) is 0.550. The van der Waals surface area contributed by atoms with Crippen LogP contribution in [0.15, 0.2) is 36.4 Å². The van der Waals surface area contributed by atoms with Crippen molar-refractivity contribution in [2.24, 2.45) is 0 Å². The van der Waals surface area contributed by atoms with Crippen molar-refractivity contribution in [1.82, 2.24) is 5.32 Å². The zero-order chi connectivity index (χ0) is 22.6. The Balaban J connectivity index is 2.26. The Morgan fingerprint density at radius 2 is 1.63 bits per heavy atom. The van der Waals surface area contributed by atoms with Gasteiger partial charge in [-0.2, -0.15) is 0 Å². The fraction of sp³-hybridized carbons (Fsp3) is 0.364. The molecule has 2 aromatic rings. The monoisotopic (exact) mass is 420 g/mol. The normalized spacial score (nSPS) is 13.4. The van der Waals surface area contributed by atoms with Gasteiger partial charge in [0.2, 0.25) is 0 Å². The first-order valence-corrected chi connectivity index (χ1v) is 9.34. The smallest absolute Gasteiger partial charge is 0.331 e. The lowest BCUT2D eigenvalue weighted by Gasteiger charge is -2.30. The van der Waals surface area contributed by atoms with E-state index in [2.05, 4.69) is 5.32 Å². The number of nitrogens with one attached hydrogen (secondary N) is 1. The predicted octanol–water partition coefficient (Wildman–Crippen LogP) is 3.69. The molecular formula is C22H26F2N2O4. The van der Waals surface area contributed by atoms with Gasteiger partial charge in [-0.1, -0.05) is 12.1 Å². The van der Waals surface area contributed by atoms with Gasteiger partial charge in [0, 0.05) is 5.69 Å². The molecule has 2 aromatic carbocycles. The molecule has 0 spiro atoms. The van der Waals surface area contributed by atoms with Crippen LogP contribution in [0.25, 0.3) is 11.1 Å². The molecule has 8 heteroatoms. The van der Waals surface area contributed by atoms with Gasteiger partial charge < -0.3 is 20.5 Å². The van der Waals surface area contributed by atoms with Crippen molar-refractivity contribution >= 4 is 17.6 Å². The number of esters is 1. The van der Waals surface area contributed by atoms with Crippen molar-refractivity contribution in [2.75, 3.05) is 12.8 Å². The SMILES string of the molecule is COC(=O)[C@@H](NC(=O)c1ccc(-c2ccc(F)c(F)c2)cc1N)[C@@H](C)OC(C)(C)C. The standard InChI is InChI=1S/C22H26F2N2O4/c1-12(30-22(2,3)4)19(21(28)29-5)26-20(27)15-8-6-14(11-18(15)25)13-7-9-16(23)17(24)10-13/h6-12,19H,25H2,1-5H3,(H,26,27)/t12-,19+/m1/s1. The number of methoxy groups -OCH3 is 1. The minimum absolute atomic E-state index is 0.114. The van der Waals surface area contributed by atoms with Crippen LogP contribution in [-0.2, 0) is 14.3 Å². The molecule has 0 aliphatic rings. The maximum atomic E-state index is 13.5. The van der Waals surface area contributed by atoms with E-state index in [-0.39, 0.29) is 11.3 Å². The van der Waals surface area contributed by atoms with E-state index in [4.69, 9.17) is 15.2 Å². The summed E-state index contributed by atoms with van der Waals surface area (Å²) in [6.07, 6.45) is -0.663. The summed E-state index contributed by atoms with van der Waals surface area (Å²) in [6.45, 7) is 7.14. The lowest BCUT2D eigenvalue weighted by molar-refractivity contribution is -0.150. The molecule has 0 bridgehead atoms. The summed E-state index contributed by atoms with van der Waals surface area (Å²) in [4.78, 5) is 24.9. The van der Waals surface area contributed by atoms with E-state index in [1.807, 2.05) is 20.8 Å². The average molecular weight is 420 g/mol. The Labute approximate surface area is 174 Å². The highest BCUT2D eigenvalue weighted by Gasteiger charge is 2.32. The summed E-state index contributed by atoms with van der Waals surface area (Å²) in [7, 11) is 1.22. The Bertz CT molecular complexity index is 941. The molecule has 0 unspecified atom stereocenters. The van der Waals surface area contributed by atoms with Gasteiger partial charge in [-0.3, -0.25) is 4.79 Å². The van der Waals surface area contributed by atoms with Gasteiger partial charge in [0.25, 0.3) is 5.91 Å². The molecule has 6 nitrogen and oxygen atoms in total. The zero-order valence-corrected chi connectivity index (χ0v) is 17.6. The Morgan fingerprint density at radius 1 is 1.03 bits per heavy atom.